The van der Waals surface area contributed by atoms with Crippen molar-refractivity contribution in [3.63, 3.8) is 0 Å². The van der Waals surface area contributed by atoms with Crippen LogP contribution in [-0.2, 0) is 28.9 Å². The zero-order chi connectivity index (χ0) is 31.0. The summed E-state index contributed by atoms with van der Waals surface area (Å²) in [6.45, 7) is 8.32. The molecule has 43 heavy (non-hydrogen) atoms. The van der Waals surface area contributed by atoms with Crippen LogP contribution in [0.2, 0.25) is 5.02 Å². The maximum Gasteiger partial charge on any atom is 0.410 e. The zero-order valence-electron chi connectivity index (χ0n) is 25.0. The van der Waals surface area contributed by atoms with E-state index in [-0.39, 0.29) is 12.0 Å². The predicted molar refractivity (Wildman–Crippen MR) is 168 cm³/mol. The van der Waals surface area contributed by atoms with Gasteiger partial charge >= 0.3 is 11.9 Å². The summed E-state index contributed by atoms with van der Waals surface area (Å²) in [5.41, 5.74) is 2.98. The van der Waals surface area contributed by atoms with E-state index >= 15 is 0 Å². The number of ether oxygens (including phenoxy) is 1. The van der Waals surface area contributed by atoms with E-state index in [1.54, 1.807) is 29.3 Å². The van der Waals surface area contributed by atoms with Crippen molar-refractivity contribution >= 4 is 51.0 Å². The third-order valence-electron chi connectivity index (χ3n) is 6.85. The number of halogens is 2. The molecule has 13 heteroatoms. The minimum Gasteiger partial charge on any atom is -0.444 e. The molecule has 3 N–H and O–H groups in total. The van der Waals surface area contributed by atoms with Gasteiger partial charge in [0.1, 0.15) is 24.4 Å². The van der Waals surface area contributed by atoms with Gasteiger partial charge in [0.2, 0.25) is 5.91 Å². The van der Waals surface area contributed by atoms with Crippen molar-refractivity contribution in [3.05, 3.63) is 69.8 Å². The molecule has 0 spiro atoms. The topological polar surface area (TPSA) is 114 Å². The molecule has 1 atom stereocenters. The number of pyridine rings is 1. The predicted octanol–water partition coefficient (Wildman–Crippen LogP) is 3.89. The Hall–Kier alpha value is -3.35. The quantitative estimate of drug-likeness (QED) is 0.268. The summed E-state index contributed by atoms with van der Waals surface area (Å²) in [4.78, 5) is 35.3. The van der Waals surface area contributed by atoms with E-state index in [0.29, 0.717) is 26.2 Å². The second-order valence-corrected chi connectivity index (χ2v) is 12.7. The zero-order valence-corrected chi connectivity index (χ0v) is 27.4. The van der Waals surface area contributed by atoms with Crippen LogP contribution >= 0.6 is 27.5 Å². The third kappa shape index (κ3) is 9.57. The number of nitrogens with zero attached hydrogens (tertiary/aromatic N) is 4. The molecule has 2 aliphatic rings. The molecule has 1 fully saturated rings. The summed E-state index contributed by atoms with van der Waals surface area (Å²) < 4.78 is 10.1. The highest BCUT2D eigenvalue weighted by atomic mass is 79.9. The highest BCUT2D eigenvalue weighted by Crippen LogP contribution is 2.30. The minimum atomic E-state index is -0.535. The fraction of sp³-hybridized carbons (Fsp3) is 0.467. The molecule has 0 unspecified atom stereocenters. The SMILES string of the molecule is CC(C)(C)OC(=O)N1CCN[C@@H](C(=O)NCCCn2ccnc2)C1.CO[n+]1cc(Br)cc2c1Nc1ccc(Cl)cc1CC2. The smallest absolute Gasteiger partial charge is 0.410 e. The van der Waals surface area contributed by atoms with E-state index in [1.807, 2.05) is 55.9 Å². The average molecular weight is 678 g/mol. The maximum absolute atomic E-state index is 12.2. The fourth-order valence-electron chi connectivity index (χ4n) is 4.78. The first kappa shape index (κ1) is 32.6. The van der Waals surface area contributed by atoms with E-state index < -0.39 is 11.6 Å². The second-order valence-electron chi connectivity index (χ2n) is 11.3. The normalized spacial score (nSPS) is 16.0. The van der Waals surface area contributed by atoms with E-state index in [2.05, 4.69) is 42.9 Å². The van der Waals surface area contributed by atoms with Crippen LogP contribution in [0.5, 0.6) is 0 Å². The number of piperazine rings is 1. The van der Waals surface area contributed by atoms with E-state index in [9.17, 15) is 9.59 Å². The molecule has 232 valence electrons. The highest BCUT2D eigenvalue weighted by Gasteiger charge is 2.30. The van der Waals surface area contributed by atoms with Crippen LogP contribution in [0.4, 0.5) is 16.3 Å². The first-order chi connectivity index (χ1) is 20.5. The number of hydrogen-bond acceptors (Lipinski definition) is 7. The second kappa shape index (κ2) is 14.9. The number of aromatic nitrogens is 3. The lowest BCUT2D eigenvalue weighted by atomic mass is 10.1. The van der Waals surface area contributed by atoms with Crippen molar-refractivity contribution in [1.29, 1.82) is 0 Å². The van der Waals surface area contributed by atoms with Crippen molar-refractivity contribution < 1.29 is 23.9 Å². The number of hydrogen-bond donors (Lipinski definition) is 3. The lowest BCUT2D eigenvalue weighted by Crippen LogP contribution is -2.58. The molecule has 1 saturated heterocycles. The number of fused-ring (bicyclic) bond motifs is 2. The summed E-state index contributed by atoms with van der Waals surface area (Å²) in [5.74, 6) is 0.876. The van der Waals surface area contributed by atoms with Crippen LogP contribution in [0.1, 0.15) is 38.3 Å². The van der Waals surface area contributed by atoms with E-state index in [0.717, 1.165) is 46.8 Å². The molecule has 0 aliphatic carbocycles. The Morgan fingerprint density at radius 1 is 1.23 bits per heavy atom. The number of carbonyl (C=O) groups is 2. The van der Waals surface area contributed by atoms with E-state index in [1.165, 1.54) is 11.1 Å². The summed E-state index contributed by atoms with van der Waals surface area (Å²) in [6, 6.07) is 7.63. The van der Waals surface area contributed by atoms with Crippen LogP contribution in [-0.4, -0.2) is 71.4 Å². The number of benzene rings is 1. The van der Waals surface area contributed by atoms with Gasteiger partial charge in [-0.1, -0.05) is 11.6 Å². The van der Waals surface area contributed by atoms with Gasteiger partial charge in [-0.05, 0) is 85.0 Å². The largest absolute Gasteiger partial charge is 0.444 e. The fourth-order valence-corrected chi connectivity index (χ4v) is 5.44. The summed E-state index contributed by atoms with van der Waals surface area (Å²) in [7, 11) is 1.65. The summed E-state index contributed by atoms with van der Waals surface area (Å²) in [5, 5.41) is 10.3. The third-order valence-corrected chi connectivity index (χ3v) is 7.52. The molecular weight excluding hydrogens is 638 g/mol. The molecule has 2 amide bonds. The van der Waals surface area contributed by atoms with Crippen molar-refractivity contribution in [1.82, 2.24) is 25.1 Å². The molecule has 3 aromatic rings. The Kier molecular flexibility index (Phi) is 11.3. The summed E-state index contributed by atoms with van der Waals surface area (Å²) in [6.07, 6.45) is 9.62. The molecule has 4 heterocycles. The van der Waals surface area contributed by atoms with Gasteiger partial charge in [-0.15, -0.1) is 0 Å². The Morgan fingerprint density at radius 3 is 2.74 bits per heavy atom. The molecule has 2 aliphatic heterocycles. The van der Waals surface area contributed by atoms with Gasteiger partial charge in [-0.25, -0.2) is 15.1 Å². The lowest BCUT2D eigenvalue weighted by molar-refractivity contribution is -0.874. The van der Waals surface area contributed by atoms with Gasteiger partial charge in [0.25, 0.3) is 0 Å². The first-order valence-corrected chi connectivity index (χ1v) is 15.5. The molecule has 0 saturated carbocycles. The van der Waals surface area contributed by atoms with Gasteiger partial charge in [-0.3, -0.25) is 4.79 Å². The molecule has 2 aromatic heterocycles. The number of amides is 2. The van der Waals surface area contributed by atoms with Gasteiger partial charge in [0.05, 0.1) is 10.8 Å². The van der Waals surface area contributed by atoms with Crippen molar-refractivity contribution in [2.45, 2.75) is 58.2 Å². The molecule has 0 radical (unpaired) electrons. The molecular formula is C30H40BrClN7O4+. The number of anilines is 2. The molecule has 11 nitrogen and oxygen atoms in total. The van der Waals surface area contributed by atoms with Gasteiger partial charge < -0.3 is 29.7 Å². The molecule has 5 rings (SSSR count). The molecule has 1 aromatic carbocycles. The Bertz CT molecular complexity index is 1400. The van der Waals surface area contributed by atoms with E-state index in [4.69, 9.17) is 21.2 Å². The lowest BCUT2D eigenvalue weighted by Gasteiger charge is -2.34. The minimum absolute atomic E-state index is 0.0890. The Labute approximate surface area is 266 Å². The Balaban J connectivity index is 0.000000202. The first-order valence-electron chi connectivity index (χ1n) is 14.3. The van der Waals surface area contributed by atoms with Crippen LogP contribution in [0.15, 0.2) is 53.7 Å². The number of rotatable bonds is 6. The molecule has 0 bridgehead atoms. The van der Waals surface area contributed by atoms with Crippen LogP contribution in [0, 0.1) is 0 Å². The number of nitrogens with one attached hydrogen (secondary N) is 3. The number of imidazole rings is 1. The van der Waals surface area contributed by atoms with Crippen LogP contribution < -0.4 is 25.5 Å². The monoisotopic (exact) mass is 676 g/mol. The Morgan fingerprint density at radius 2 is 2.02 bits per heavy atom. The number of aryl methyl sites for hydroxylation is 3. The van der Waals surface area contributed by atoms with Crippen LogP contribution in [0.25, 0.3) is 0 Å². The van der Waals surface area contributed by atoms with Gasteiger partial charge in [0.15, 0.2) is 6.20 Å². The van der Waals surface area contributed by atoms with Gasteiger partial charge in [0, 0.05) is 61.3 Å². The van der Waals surface area contributed by atoms with Crippen LogP contribution in [0.3, 0.4) is 0 Å². The maximum atomic E-state index is 12.2. The van der Waals surface area contributed by atoms with Crippen molar-refractivity contribution in [2.75, 3.05) is 38.6 Å². The average Bonchev–Trinajstić information content (AvgIpc) is 3.42. The van der Waals surface area contributed by atoms with Gasteiger partial charge in [-0.2, -0.15) is 0 Å². The standard InChI is InChI=1S/C16H27N5O3.C14H12BrClN2O/c1-16(2,3)24-15(23)21-10-7-18-13(11-21)14(22)19-5-4-8-20-9-6-17-12-20;1-19-18-8-11(15)6-10-3-2-9-7-12(16)4-5-13(9)17-14(10)18/h6,9,12-13,18H,4-5,7-8,10-11H2,1-3H3,(H,19,22);4-8H,2-3H2,1H3/p+1/t13-;/m1./s1. The van der Waals surface area contributed by atoms with Crippen molar-refractivity contribution in [3.8, 4) is 0 Å². The highest BCUT2D eigenvalue weighted by molar-refractivity contribution is 9.10. The number of carbonyl (C=O) groups excluding carboxylic acids is 2. The summed E-state index contributed by atoms with van der Waals surface area (Å²) >= 11 is 9.56. The van der Waals surface area contributed by atoms with Crippen molar-refractivity contribution in [2.24, 2.45) is 0 Å².